The van der Waals surface area contributed by atoms with Gasteiger partial charge in [0, 0.05) is 54.3 Å². The van der Waals surface area contributed by atoms with Crippen molar-refractivity contribution in [3.63, 3.8) is 0 Å². The minimum absolute atomic E-state index is 0.0126. The van der Waals surface area contributed by atoms with E-state index < -0.39 is 0 Å². The average molecular weight is 487 g/mol. The Kier molecular flexibility index (Phi) is 8.34. The van der Waals surface area contributed by atoms with Crippen LogP contribution < -0.4 is 16.0 Å². The summed E-state index contributed by atoms with van der Waals surface area (Å²) < 4.78 is 0. The second-order valence-electron chi connectivity index (χ2n) is 8.20. The Balaban J connectivity index is 1.12. The third kappa shape index (κ3) is 6.60. The number of fused-ring (bicyclic) bond motifs is 1. The van der Waals surface area contributed by atoms with Crippen LogP contribution in [0.25, 0.3) is 22.0 Å². The summed E-state index contributed by atoms with van der Waals surface area (Å²) in [5.41, 5.74) is 5.43. The first-order valence-corrected chi connectivity index (χ1v) is 11.9. The van der Waals surface area contributed by atoms with Crippen LogP contribution >= 0.6 is 11.6 Å². The van der Waals surface area contributed by atoms with Gasteiger partial charge in [-0.1, -0.05) is 54.1 Å². The number of halogens is 1. The third-order valence-electron chi connectivity index (χ3n) is 5.66. The van der Waals surface area contributed by atoms with Crippen molar-refractivity contribution in [2.45, 2.75) is 19.4 Å². The summed E-state index contributed by atoms with van der Waals surface area (Å²) in [4.78, 5) is 12.1. The molecule has 0 fully saturated rings. The second kappa shape index (κ2) is 12.0. The zero-order valence-electron chi connectivity index (χ0n) is 19.3. The molecule has 3 aromatic carbocycles. The lowest BCUT2D eigenvalue weighted by molar-refractivity contribution is -0.120. The summed E-state index contributed by atoms with van der Waals surface area (Å²) in [6.07, 6.45) is 2.91. The van der Waals surface area contributed by atoms with Gasteiger partial charge in [0.1, 0.15) is 0 Å². The molecule has 4 rings (SSSR count). The van der Waals surface area contributed by atoms with Crippen molar-refractivity contribution in [3.05, 3.63) is 83.0 Å². The Morgan fingerprint density at radius 3 is 2.71 bits per heavy atom. The summed E-state index contributed by atoms with van der Waals surface area (Å²) in [6, 6.07) is 21.8. The number of carbonyl (C=O) groups excluding carboxylic acids is 1. The molecule has 0 atom stereocenters. The maximum atomic E-state index is 12.1. The van der Waals surface area contributed by atoms with Crippen molar-refractivity contribution in [2.24, 2.45) is 0 Å². The summed E-state index contributed by atoms with van der Waals surface area (Å²) >= 11 is 6.47. The smallest absolute Gasteiger partial charge is 0.221 e. The predicted octanol–water partition coefficient (Wildman–Crippen LogP) is 4.85. The topological polar surface area (TPSA) is 106 Å². The van der Waals surface area contributed by atoms with E-state index in [2.05, 4.69) is 38.3 Å². The fraction of sp³-hybridized carbons (Fsp3) is 0.222. The standard InChI is InChI=1S/C27H27ClN6O/c28-24-13-19(7-8-22(24)21-5-2-1-3-6-21)17-30-12-9-27(35)32-11-4-10-31-25-14-20(16-29)15-26-23(25)18-33-34-26/h1-3,5-8,13-15,18,30-31H,4,9-12,17H2,(H,32,35)(H,33,34). The maximum Gasteiger partial charge on any atom is 0.221 e. The molecule has 4 aromatic rings. The Morgan fingerprint density at radius 2 is 1.91 bits per heavy atom. The van der Waals surface area contributed by atoms with Gasteiger partial charge in [-0.25, -0.2) is 0 Å². The van der Waals surface area contributed by atoms with Crippen LogP contribution in [0.3, 0.4) is 0 Å². The van der Waals surface area contributed by atoms with Crippen LogP contribution in [0.1, 0.15) is 24.0 Å². The van der Waals surface area contributed by atoms with Gasteiger partial charge in [-0.15, -0.1) is 0 Å². The molecule has 0 radical (unpaired) electrons. The van der Waals surface area contributed by atoms with Gasteiger partial charge in [-0.05, 0) is 35.7 Å². The van der Waals surface area contributed by atoms with E-state index in [0.29, 0.717) is 38.2 Å². The summed E-state index contributed by atoms with van der Waals surface area (Å²) in [7, 11) is 0. The summed E-state index contributed by atoms with van der Waals surface area (Å²) in [5, 5.41) is 27.3. The van der Waals surface area contributed by atoms with E-state index in [0.717, 1.165) is 44.7 Å². The molecule has 0 unspecified atom stereocenters. The highest BCUT2D eigenvalue weighted by Crippen LogP contribution is 2.28. The van der Waals surface area contributed by atoms with Crippen LogP contribution in [0.5, 0.6) is 0 Å². The number of rotatable bonds is 11. The molecule has 0 aliphatic heterocycles. The molecular formula is C27H27ClN6O. The van der Waals surface area contributed by atoms with Gasteiger partial charge in [0.25, 0.3) is 0 Å². The fourth-order valence-corrected chi connectivity index (χ4v) is 4.16. The molecule has 0 saturated heterocycles. The number of nitriles is 1. The van der Waals surface area contributed by atoms with E-state index in [1.807, 2.05) is 48.5 Å². The molecular weight excluding hydrogens is 460 g/mol. The van der Waals surface area contributed by atoms with Crippen molar-refractivity contribution < 1.29 is 4.79 Å². The number of hydrogen-bond acceptors (Lipinski definition) is 5. The average Bonchev–Trinajstić information content (AvgIpc) is 3.36. The van der Waals surface area contributed by atoms with Crippen molar-refractivity contribution in [3.8, 4) is 17.2 Å². The molecule has 178 valence electrons. The number of nitrogens with zero attached hydrogens (tertiary/aromatic N) is 2. The normalized spacial score (nSPS) is 10.7. The van der Waals surface area contributed by atoms with E-state index in [1.165, 1.54) is 0 Å². The van der Waals surface area contributed by atoms with E-state index in [4.69, 9.17) is 11.6 Å². The van der Waals surface area contributed by atoms with Gasteiger partial charge in [0.2, 0.25) is 5.91 Å². The van der Waals surface area contributed by atoms with Crippen LogP contribution in [0.15, 0.2) is 66.9 Å². The van der Waals surface area contributed by atoms with Crippen LogP contribution in [-0.2, 0) is 11.3 Å². The molecule has 0 saturated carbocycles. The highest BCUT2D eigenvalue weighted by molar-refractivity contribution is 6.33. The number of aromatic amines is 1. The van der Waals surface area contributed by atoms with Crippen molar-refractivity contribution in [2.75, 3.05) is 25.0 Å². The van der Waals surface area contributed by atoms with E-state index >= 15 is 0 Å². The molecule has 7 nitrogen and oxygen atoms in total. The number of amides is 1. The molecule has 1 amide bonds. The lowest BCUT2D eigenvalue weighted by atomic mass is 10.0. The van der Waals surface area contributed by atoms with Gasteiger partial charge >= 0.3 is 0 Å². The Morgan fingerprint density at radius 1 is 1.06 bits per heavy atom. The Bertz CT molecular complexity index is 1330. The number of nitrogens with one attached hydrogen (secondary N) is 4. The first-order chi connectivity index (χ1) is 17.1. The lowest BCUT2D eigenvalue weighted by Crippen LogP contribution is -2.29. The van der Waals surface area contributed by atoms with Crippen molar-refractivity contribution in [1.82, 2.24) is 20.8 Å². The molecule has 4 N–H and O–H groups in total. The first-order valence-electron chi connectivity index (χ1n) is 11.6. The largest absolute Gasteiger partial charge is 0.384 e. The van der Waals surface area contributed by atoms with Gasteiger partial charge in [-0.3, -0.25) is 9.89 Å². The molecule has 0 aliphatic rings. The summed E-state index contributed by atoms with van der Waals surface area (Å²) in [5.74, 6) is 0.0126. The molecule has 0 bridgehead atoms. The molecule has 8 heteroatoms. The Hall–Kier alpha value is -3.86. The highest BCUT2D eigenvalue weighted by atomic mass is 35.5. The Labute approximate surface area is 209 Å². The quantitative estimate of drug-likeness (QED) is 0.227. The van der Waals surface area contributed by atoms with Gasteiger partial charge in [-0.2, -0.15) is 10.4 Å². The second-order valence-corrected chi connectivity index (χ2v) is 8.61. The monoisotopic (exact) mass is 486 g/mol. The van der Waals surface area contributed by atoms with Crippen molar-refractivity contribution >= 4 is 34.1 Å². The van der Waals surface area contributed by atoms with Gasteiger partial charge in [0.05, 0.1) is 23.3 Å². The minimum Gasteiger partial charge on any atom is -0.384 e. The number of carbonyl (C=O) groups is 1. The van der Waals surface area contributed by atoms with Gasteiger partial charge in [0.15, 0.2) is 0 Å². The number of H-pyrrole nitrogens is 1. The minimum atomic E-state index is 0.0126. The molecule has 1 aromatic heterocycles. The molecule has 0 spiro atoms. The zero-order chi connectivity index (χ0) is 24.5. The first kappa shape index (κ1) is 24.3. The summed E-state index contributed by atoms with van der Waals surface area (Å²) in [6.45, 7) is 2.49. The number of hydrogen-bond donors (Lipinski definition) is 4. The van der Waals surface area contributed by atoms with E-state index in [1.54, 1.807) is 12.3 Å². The van der Waals surface area contributed by atoms with Crippen LogP contribution in [0, 0.1) is 11.3 Å². The van der Waals surface area contributed by atoms with Gasteiger partial charge < -0.3 is 16.0 Å². The van der Waals surface area contributed by atoms with E-state index in [-0.39, 0.29) is 5.91 Å². The SMILES string of the molecule is N#Cc1cc(NCCCNC(=O)CCNCc2ccc(-c3ccccc3)c(Cl)c2)c2cn[nH]c2c1. The molecule has 35 heavy (non-hydrogen) atoms. The number of benzene rings is 3. The lowest BCUT2D eigenvalue weighted by Gasteiger charge is -2.10. The van der Waals surface area contributed by atoms with Crippen molar-refractivity contribution in [1.29, 1.82) is 5.26 Å². The van der Waals surface area contributed by atoms with Crippen LogP contribution in [0.2, 0.25) is 5.02 Å². The zero-order valence-corrected chi connectivity index (χ0v) is 20.0. The fourth-order valence-electron chi connectivity index (χ4n) is 3.84. The van der Waals surface area contributed by atoms with Crippen LogP contribution in [0.4, 0.5) is 5.69 Å². The van der Waals surface area contributed by atoms with Crippen LogP contribution in [-0.4, -0.2) is 35.7 Å². The number of anilines is 1. The number of aromatic nitrogens is 2. The van der Waals surface area contributed by atoms with E-state index in [9.17, 15) is 10.1 Å². The molecule has 0 aliphatic carbocycles. The highest BCUT2D eigenvalue weighted by Gasteiger charge is 2.07. The predicted molar refractivity (Wildman–Crippen MR) is 140 cm³/mol. The molecule has 1 heterocycles. The third-order valence-corrected chi connectivity index (χ3v) is 5.97. The maximum absolute atomic E-state index is 12.1.